The minimum atomic E-state index is -4.49. The van der Waals surface area contributed by atoms with Crippen molar-refractivity contribution in [3.63, 3.8) is 0 Å². The molecular formula is C26H21F5N8. The zero-order chi connectivity index (χ0) is 27.2. The minimum Gasteiger partial charge on any atom is -0.354 e. The maximum atomic E-state index is 14.3. The first kappa shape index (κ1) is 24.8. The van der Waals surface area contributed by atoms with Crippen LogP contribution in [-0.4, -0.2) is 39.7 Å². The van der Waals surface area contributed by atoms with Crippen molar-refractivity contribution in [3.05, 3.63) is 71.8 Å². The number of nitrogens with zero attached hydrogens (tertiary/aromatic N) is 5. The van der Waals surface area contributed by atoms with Crippen LogP contribution in [0.15, 0.2) is 59.6 Å². The van der Waals surface area contributed by atoms with Crippen LogP contribution in [0, 0.1) is 11.6 Å². The monoisotopic (exact) mass is 540 g/mol. The lowest BCUT2D eigenvalue weighted by molar-refractivity contribution is -0.151. The molecule has 0 spiro atoms. The van der Waals surface area contributed by atoms with Gasteiger partial charge in [0.25, 0.3) is 0 Å². The highest BCUT2D eigenvalue weighted by Gasteiger charge is 2.64. The summed E-state index contributed by atoms with van der Waals surface area (Å²) >= 11 is 0. The molecule has 200 valence electrons. The number of nitrogens with one attached hydrogen (secondary N) is 3. The number of aliphatic imine (C=N–C) groups is 1. The smallest absolute Gasteiger partial charge is 0.354 e. The highest BCUT2D eigenvalue weighted by Crippen LogP contribution is 2.51. The fourth-order valence-corrected chi connectivity index (χ4v) is 4.30. The number of rotatable bonds is 7. The summed E-state index contributed by atoms with van der Waals surface area (Å²) in [6, 6.07) is 13.3. The van der Waals surface area contributed by atoms with Gasteiger partial charge >= 0.3 is 6.18 Å². The van der Waals surface area contributed by atoms with E-state index >= 15 is 0 Å². The molecule has 1 saturated carbocycles. The third-order valence-electron chi connectivity index (χ3n) is 6.57. The molecule has 2 aromatic carbocycles. The average molecular weight is 541 g/mol. The van der Waals surface area contributed by atoms with Crippen molar-refractivity contribution in [2.75, 3.05) is 22.3 Å². The van der Waals surface area contributed by atoms with Crippen molar-refractivity contribution >= 4 is 34.8 Å². The number of halogens is 5. The normalized spacial score (nSPS) is 15.9. The molecule has 3 N–H and O–H groups in total. The largest absolute Gasteiger partial charge is 0.411 e. The number of aromatic nitrogens is 3. The number of hydrazine groups is 1. The van der Waals surface area contributed by atoms with Gasteiger partial charge in [0.1, 0.15) is 35.7 Å². The molecule has 6 rings (SSSR count). The lowest BCUT2D eigenvalue weighted by Gasteiger charge is -2.22. The van der Waals surface area contributed by atoms with Crippen LogP contribution in [0.2, 0.25) is 0 Å². The summed E-state index contributed by atoms with van der Waals surface area (Å²) in [7, 11) is 0. The van der Waals surface area contributed by atoms with E-state index in [9.17, 15) is 22.0 Å². The lowest BCUT2D eigenvalue weighted by atomic mass is 10.1. The highest BCUT2D eigenvalue weighted by molar-refractivity contribution is 5.88. The fraction of sp³-hybridized carbons (Fsp3) is 0.231. The molecule has 0 saturated heterocycles. The van der Waals surface area contributed by atoms with Gasteiger partial charge in [-0.2, -0.15) is 18.2 Å². The Morgan fingerprint density at radius 1 is 0.923 bits per heavy atom. The number of hydrogen-bond donors (Lipinski definition) is 3. The Morgan fingerprint density at radius 2 is 1.72 bits per heavy atom. The molecule has 2 aromatic heterocycles. The van der Waals surface area contributed by atoms with Gasteiger partial charge in [0.05, 0.1) is 16.9 Å². The SMILES string of the molecule is Fc1ccc(-c2ccc3nc(NCc4cc(F)cc(N5CN=CN5)c4)nc(NC4(C(F)(F)F)CC4)c3n2)cc1. The van der Waals surface area contributed by atoms with Crippen molar-refractivity contribution in [2.45, 2.75) is 31.1 Å². The topological polar surface area (TPSA) is 90.4 Å². The van der Waals surface area contributed by atoms with Crippen LogP contribution < -0.4 is 21.1 Å². The van der Waals surface area contributed by atoms with Gasteiger partial charge in [-0.25, -0.2) is 18.7 Å². The number of alkyl halides is 3. The van der Waals surface area contributed by atoms with Gasteiger partial charge in [0.15, 0.2) is 5.82 Å². The van der Waals surface area contributed by atoms with E-state index in [4.69, 9.17) is 0 Å². The molecule has 1 aliphatic carbocycles. The van der Waals surface area contributed by atoms with Gasteiger partial charge in [-0.3, -0.25) is 15.4 Å². The first-order valence-electron chi connectivity index (χ1n) is 12.0. The summed E-state index contributed by atoms with van der Waals surface area (Å²) in [5.74, 6) is -0.914. The van der Waals surface area contributed by atoms with E-state index in [1.165, 1.54) is 42.7 Å². The highest BCUT2D eigenvalue weighted by atomic mass is 19.4. The van der Waals surface area contributed by atoms with Crippen LogP contribution in [0.25, 0.3) is 22.3 Å². The summed E-state index contributed by atoms with van der Waals surface area (Å²) in [6.07, 6.45) is -3.17. The standard InChI is InChI=1S/C26H21F5N8/c27-17-3-1-16(2-4-17)20-5-6-21-22(35-20)23(38-25(7-8-25)26(29,30)31)37-24(36-21)33-12-15-9-18(28)11-19(10-15)39-14-32-13-34-39/h1-6,9-11,13H,7-8,12,14H2,(H,32,34)(H2,33,36,37,38). The molecule has 3 heterocycles. The van der Waals surface area contributed by atoms with Crippen LogP contribution in [-0.2, 0) is 6.54 Å². The maximum Gasteiger partial charge on any atom is 0.411 e. The quantitative estimate of drug-likeness (QED) is 0.271. The molecule has 0 radical (unpaired) electrons. The van der Waals surface area contributed by atoms with E-state index in [0.717, 1.165) is 0 Å². The van der Waals surface area contributed by atoms with Crippen molar-refractivity contribution in [1.29, 1.82) is 0 Å². The second-order valence-electron chi connectivity index (χ2n) is 9.35. The second kappa shape index (κ2) is 9.33. The van der Waals surface area contributed by atoms with Crippen LogP contribution in [0.1, 0.15) is 18.4 Å². The first-order valence-corrected chi connectivity index (χ1v) is 12.0. The number of anilines is 3. The Morgan fingerprint density at radius 3 is 2.41 bits per heavy atom. The number of fused-ring (bicyclic) bond motifs is 1. The van der Waals surface area contributed by atoms with Gasteiger partial charge in [-0.15, -0.1) is 0 Å². The lowest BCUT2D eigenvalue weighted by Crippen LogP contribution is -2.39. The molecule has 1 aliphatic heterocycles. The van der Waals surface area contributed by atoms with Gasteiger partial charge in [-0.05, 0) is 73.0 Å². The van der Waals surface area contributed by atoms with Crippen LogP contribution in [0.5, 0.6) is 0 Å². The zero-order valence-corrected chi connectivity index (χ0v) is 20.2. The molecule has 8 nitrogen and oxygen atoms in total. The fourth-order valence-electron chi connectivity index (χ4n) is 4.30. The van der Waals surface area contributed by atoms with Crippen LogP contribution >= 0.6 is 0 Å². The van der Waals surface area contributed by atoms with Crippen LogP contribution in [0.4, 0.5) is 39.4 Å². The Balaban J connectivity index is 1.34. The van der Waals surface area contributed by atoms with Gasteiger partial charge < -0.3 is 10.6 Å². The number of hydrogen-bond acceptors (Lipinski definition) is 8. The predicted molar refractivity (Wildman–Crippen MR) is 137 cm³/mol. The van der Waals surface area contributed by atoms with Crippen molar-refractivity contribution in [1.82, 2.24) is 20.4 Å². The van der Waals surface area contributed by atoms with Crippen molar-refractivity contribution in [3.8, 4) is 11.3 Å². The Labute approximate surface area is 219 Å². The molecule has 0 bridgehead atoms. The average Bonchev–Trinajstić information content (AvgIpc) is 3.49. The van der Waals surface area contributed by atoms with E-state index in [-0.39, 0.29) is 36.7 Å². The summed E-state index contributed by atoms with van der Waals surface area (Å²) in [5, 5.41) is 7.20. The van der Waals surface area contributed by atoms with Crippen molar-refractivity contribution < 1.29 is 22.0 Å². The third kappa shape index (κ3) is 4.99. The Kier molecular flexibility index (Phi) is 5.92. The molecule has 39 heavy (non-hydrogen) atoms. The van der Waals surface area contributed by atoms with E-state index in [2.05, 4.69) is 36.0 Å². The molecule has 4 aromatic rings. The zero-order valence-electron chi connectivity index (χ0n) is 20.2. The van der Waals surface area contributed by atoms with Gasteiger partial charge in [0, 0.05) is 12.1 Å². The summed E-state index contributed by atoms with van der Waals surface area (Å²) in [4.78, 5) is 17.3. The molecular weight excluding hydrogens is 519 g/mol. The van der Waals surface area contributed by atoms with E-state index in [1.807, 2.05) is 0 Å². The van der Waals surface area contributed by atoms with E-state index in [1.54, 1.807) is 23.2 Å². The maximum absolute atomic E-state index is 14.3. The summed E-state index contributed by atoms with van der Waals surface area (Å²) in [6.45, 7) is 0.433. The molecule has 13 heteroatoms. The molecule has 0 unspecified atom stereocenters. The molecule has 2 aliphatic rings. The number of pyridine rings is 1. The van der Waals surface area contributed by atoms with Crippen molar-refractivity contribution in [2.24, 2.45) is 4.99 Å². The Hall–Kier alpha value is -4.55. The predicted octanol–water partition coefficient (Wildman–Crippen LogP) is 5.40. The summed E-state index contributed by atoms with van der Waals surface area (Å²) in [5.41, 5.74) is 3.38. The van der Waals surface area contributed by atoms with Gasteiger partial charge in [0.2, 0.25) is 5.95 Å². The minimum absolute atomic E-state index is 0.0488. The molecule has 1 fully saturated rings. The first-order chi connectivity index (χ1) is 18.7. The number of benzene rings is 2. The van der Waals surface area contributed by atoms with Gasteiger partial charge in [-0.1, -0.05) is 0 Å². The summed E-state index contributed by atoms with van der Waals surface area (Å²) < 4.78 is 69.1. The van der Waals surface area contributed by atoms with E-state index < -0.39 is 23.3 Å². The molecule has 0 atom stereocenters. The molecule has 0 amide bonds. The third-order valence-corrected chi connectivity index (χ3v) is 6.57. The van der Waals surface area contributed by atoms with Crippen LogP contribution in [0.3, 0.4) is 0 Å². The Bertz CT molecular complexity index is 1560. The second-order valence-corrected chi connectivity index (χ2v) is 9.35. The van der Waals surface area contributed by atoms with E-state index in [0.29, 0.717) is 34.7 Å².